The molecule has 52 heavy (non-hydrogen) atoms. The maximum absolute atomic E-state index is 12.6. The Balaban J connectivity index is 0.000000244. The number of hydrogen-bond acceptors (Lipinski definition) is 7. The fraction of sp³-hybridized carbons (Fsp3) is 0.308. The maximum Gasteiger partial charge on any atom is 0.277 e. The van der Waals surface area contributed by atoms with Crippen LogP contribution >= 0.6 is 34.8 Å². The Morgan fingerprint density at radius 3 is 1.71 bits per heavy atom. The summed E-state index contributed by atoms with van der Waals surface area (Å²) in [4.78, 5) is 28.0. The number of ether oxygens (including phenoxy) is 2. The molecule has 0 bridgehead atoms. The van der Waals surface area contributed by atoms with Gasteiger partial charge in [-0.25, -0.2) is 4.98 Å². The number of pyridine rings is 1. The van der Waals surface area contributed by atoms with Crippen molar-refractivity contribution in [3.05, 3.63) is 123 Å². The van der Waals surface area contributed by atoms with Crippen LogP contribution in [0.5, 0.6) is 11.5 Å². The molecule has 0 aliphatic rings. The molecule has 0 aliphatic heterocycles. The SMILES string of the molecule is C=Cc1ccc(NC(=O)c2cc(C)n(Cc3cc(Cl)ccc3OCC(C)C)n2)nc1.Cc1cc(C(=O)Cl)nn1Cc1cc(Cl)ccc1OCC(C)C. The summed E-state index contributed by atoms with van der Waals surface area (Å²) in [5.74, 6) is 2.50. The Morgan fingerprint density at radius 2 is 1.29 bits per heavy atom. The number of benzene rings is 2. The lowest BCUT2D eigenvalue weighted by Gasteiger charge is -2.14. The minimum Gasteiger partial charge on any atom is -0.493 e. The number of anilines is 1. The van der Waals surface area contributed by atoms with Crippen molar-refractivity contribution in [1.82, 2.24) is 24.5 Å². The van der Waals surface area contributed by atoms with E-state index in [-0.39, 0.29) is 11.6 Å². The molecule has 0 fully saturated rings. The molecule has 0 radical (unpaired) electrons. The quantitative estimate of drug-likeness (QED) is 0.112. The second-order valence-electron chi connectivity index (χ2n) is 13.0. The lowest BCUT2D eigenvalue weighted by molar-refractivity contribution is 0.102. The Kier molecular flexibility index (Phi) is 14.5. The monoisotopic (exact) mass is 764 g/mol. The average molecular weight is 766 g/mol. The Labute approximate surface area is 319 Å². The zero-order valence-electron chi connectivity index (χ0n) is 30.1. The van der Waals surface area contributed by atoms with Gasteiger partial charge in [-0.15, -0.1) is 0 Å². The first-order chi connectivity index (χ1) is 24.7. The number of carbonyl (C=O) groups is 2. The van der Waals surface area contributed by atoms with Crippen LogP contribution in [-0.4, -0.2) is 48.9 Å². The van der Waals surface area contributed by atoms with Gasteiger partial charge in [0.15, 0.2) is 5.69 Å². The third-order valence-corrected chi connectivity index (χ3v) is 8.15. The van der Waals surface area contributed by atoms with Crippen LogP contribution < -0.4 is 14.8 Å². The zero-order chi connectivity index (χ0) is 37.9. The van der Waals surface area contributed by atoms with E-state index in [0.29, 0.717) is 59.7 Å². The van der Waals surface area contributed by atoms with E-state index in [1.807, 2.05) is 44.2 Å². The van der Waals surface area contributed by atoms with Crippen molar-refractivity contribution in [2.75, 3.05) is 18.5 Å². The number of aryl methyl sites for hydroxylation is 2. The summed E-state index contributed by atoms with van der Waals surface area (Å²) < 4.78 is 15.2. The van der Waals surface area contributed by atoms with Gasteiger partial charge in [-0.1, -0.05) is 63.6 Å². The molecule has 1 amide bonds. The summed E-state index contributed by atoms with van der Waals surface area (Å²) in [5, 5.41) is 12.1. The standard InChI is InChI=1S/C23H25ClN4O2.C16H18Cl2N2O2/c1-5-17-6-9-22(25-12-17)26-23(29)20-10-16(4)28(27-20)13-18-11-19(24)7-8-21(18)30-14-15(2)3;1-10(2)9-22-15-5-4-13(17)7-12(15)8-20-11(3)6-14(19-20)16(18)21/h5-12,15H,1,13-14H2,2-4H3,(H,25,26,29);4-7,10H,8-9H2,1-3H3. The van der Waals surface area contributed by atoms with Crippen molar-refractivity contribution in [1.29, 1.82) is 0 Å². The van der Waals surface area contributed by atoms with Crippen molar-refractivity contribution in [2.45, 2.75) is 54.6 Å². The van der Waals surface area contributed by atoms with Gasteiger partial charge < -0.3 is 14.8 Å². The van der Waals surface area contributed by atoms with Gasteiger partial charge in [-0.3, -0.25) is 19.0 Å². The van der Waals surface area contributed by atoms with Gasteiger partial charge in [-0.05, 0) is 104 Å². The molecule has 0 unspecified atom stereocenters. The molecule has 0 saturated carbocycles. The molecule has 13 heteroatoms. The number of amides is 1. The highest BCUT2D eigenvalue weighted by Crippen LogP contribution is 2.26. The molecule has 5 aromatic rings. The predicted molar refractivity (Wildman–Crippen MR) is 208 cm³/mol. The van der Waals surface area contributed by atoms with Crippen LogP contribution in [0.1, 0.15) is 76.8 Å². The predicted octanol–water partition coefficient (Wildman–Crippen LogP) is 9.53. The van der Waals surface area contributed by atoms with Crippen molar-refractivity contribution in [2.24, 2.45) is 11.8 Å². The number of hydrogen-bond donors (Lipinski definition) is 1. The van der Waals surface area contributed by atoms with E-state index in [0.717, 1.165) is 39.6 Å². The van der Waals surface area contributed by atoms with Gasteiger partial charge in [0.2, 0.25) is 0 Å². The summed E-state index contributed by atoms with van der Waals surface area (Å²) >= 11 is 17.7. The van der Waals surface area contributed by atoms with E-state index in [4.69, 9.17) is 44.3 Å². The fourth-order valence-electron chi connectivity index (χ4n) is 4.79. The van der Waals surface area contributed by atoms with Gasteiger partial charge in [0, 0.05) is 38.8 Å². The molecular formula is C39H43Cl3N6O4. The first-order valence-corrected chi connectivity index (χ1v) is 17.9. The Morgan fingerprint density at radius 1 is 0.788 bits per heavy atom. The largest absolute Gasteiger partial charge is 0.493 e. The van der Waals surface area contributed by atoms with E-state index in [1.54, 1.807) is 52.0 Å². The molecule has 1 N–H and O–H groups in total. The average Bonchev–Trinajstić information content (AvgIpc) is 3.65. The topological polar surface area (TPSA) is 113 Å². The van der Waals surface area contributed by atoms with Gasteiger partial charge in [0.05, 0.1) is 26.3 Å². The second-order valence-corrected chi connectivity index (χ2v) is 14.2. The van der Waals surface area contributed by atoms with Crippen LogP contribution in [0.15, 0.2) is 73.4 Å². The van der Waals surface area contributed by atoms with E-state index in [1.165, 1.54) is 0 Å². The van der Waals surface area contributed by atoms with Crippen molar-refractivity contribution >= 4 is 57.8 Å². The van der Waals surface area contributed by atoms with Crippen LogP contribution in [0, 0.1) is 25.7 Å². The number of nitrogens with one attached hydrogen (secondary N) is 1. The number of rotatable bonds is 14. The first kappa shape index (κ1) is 40.1. The van der Waals surface area contributed by atoms with Gasteiger partial charge in [0.1, 0.15) is 23.0 Å². The molecule has 10 nitrogen and oxygen atoms in total. The molecule has 3 aromatic heterocycles. The highest BCUT2D eigenvalue weighted by molar-refractivity contribution is 6.67. The lowest BCUT2D eigenvalue weighted by Crippen LogP contribution is -2.15. The highest BCUT2D eigenvalue weighted by atomic mass is 35.5. The van der Waals surface area contributed by atoms with Crippen LogP contribution in [0.4, 0.5) is 5.82 Å². The maximum atomic E-state index is 12.6. The molecule has 0 saturated heterocycles. The first-order valence-electron chi connectivity index (χ1n) is 16.7. The van der Waals surface area contributed by atoms with Crippen LogP contribution in [0.25, 0.3) is 6.08 Å². The lowest BCUT2D eigenvalue weighted by atomic mass is 10.2. The summed E-state index contributed by atoms with van der Waals surface area (Å²) in [6, 6.07) is 18.0. The van der Waals surface area contributed by atoms with Crippen molar-refractivity contribution in [3.8, 4) is 11.5 Å². The Bertz CT molecular complexity index is 2000. The number of aromatic nitrogens is 5. The highest BCUT2D eigenvalue weighted by Gasteiger charge is 2.16. The third kappa shape index (κ3) is 11.7. The van der Waals surface area contributed by atoms with Gasteiger partial charge >= 0.3 is 0 Å². The summed E-state index contributed by atoms with van der Waals surface area (Å²) in [7, 11) is 0. The third-order valence-electron chi connectivity index (χ3n) is 7.49. The summed E-state index contributed by atoms with van der Waals surface area (Å²) in [5.41, 5.74) is 4.95. The van der Waals surface area contributed by atoms with Crippen LogP contribution in [0.2, 0.25) is 10.0 Å². The molecule has 5 rings (SSSR count). The van der Waals surface area contributed by atoms with Crippen LogP contribution in [0.3, 0.4) is 0 Å². The molecule has 274 valence electrons. The number of nitrogens with zero attached hydrogens (tertiary/aromatic N) is 5. The normalized spacial score (nSPS) is 10.9. The molecular weight excluding hydrogens is 723 g/mol. The van der Waals surface area contributed by atoms with E-state index in [9.17, 15) is 9.59 Å². The second kappa shape index (κ2) is 18.7. The minimum absolute atomic E-state index is 0.242. The fourth-order valence-corrected chi connectivity index (χ4v) is 5.27. The summed E-state index contributed by atoms with van der Waals surface area (Å²) in [6.45, 7) is 18.0. The van der Waals surface area contributed by atoms with E-state index in [2.05, 4.69) is 54.8 Å². The van der Waals surface area contributed by atoms with Crippen LogP contribution in [-0.2, 0) is 13.1 Å². The molecule has 3 heterocycles. The van der Waals surface area contributed by atoms with Crippen molar-refractivity contribution in [3.63, 3.8) is 0 Å². The number of carbonyl (C=O) groups excluding carboxylic acids is 2. The van der Waals surface area contributed by atoms with E-state index >= 15 is 0 Å². The molecule has 0 spiro atoms. The van der Waals surface area contributed by atoms with Gasteiger partial charge in [-0.2, -0.15) is 10.2 Å². The smallest absolute Gasteiger partial charge is 0.277 e. The molecule has 0 aliphatic carbocycles. The molecule has 0 atom stereocenters. The van der Waals surface area contributed by atoms with Gasteiger partial charge in [0.25, 0.3) is 11.1 Å². The minimum atomic E-state index is -0.566. The number of halogens is 3. The zero-order valence-corrected chi connectivity index (χ0v) is 32.4. The molecule has 2 aromatic carbocycles. The van der Waals surface area contributed by atoms with Crippen molar-refractivity contribution < 1.29 is 19.1 Å². The van der Waals surface area contributed by atoms with E-state index < -0.39 is 5.24 Å². The summed E-state index contributed by atoms with van der Waals surface area (Å²) in [6.07, 6.45) is 3.34. The Hall–Kier alpha value is -4.64.